The van der Waals surface area contributed by atoms with E-state index in [0.29, 0.717) is 17.1 Å². The van der Waals surface area contributed by atoms with Crippen molar-refractivity contribution in [3.8, 4) is 11.5 Å². The van der Waals surface area contributed by atoms with Gasteiger partial charge in [-0.15, -0.1) is 0 Å². The van der Waals surface area contributed by atoms with Crippen LogP contribution in [0, 0.1) is 13.8 Å². The minimum absolute atomic E-state index is 0.200. The molecule has 5 heteroatoms. The molecule has 0 saturated carbocycles. The van der Waals surface area contributed by atoms with E-state index in [0.717, 1.165) is 46.9 Å². The molecule has 1 aromatic heterocycles. The summed E-state index contributed by atoms with van der Waals surface area (Å²) in [5, 5.41) is 0.910. The molecule has 1 heterocycles. The van der Waals surface area contributed by atoms with Gasteiger partial charge in [-0.2, -0.15) is 0 Å². The van der Waals surface area contributed by atoms with Crippen molar-refractivity contribution >= 4 is 16.9 Å². The molecule has 3 aromatic rings. The molecule has 0 N–H and O–H groups in total. The second-order valence-electron chi connectivity index (χ2n) is 6.87. The van der Waals surface area contributed by atoms with Crippen LogP contribution >= 0.6 is 0 Å². The lowest BCUT2D eigenvalue weighted by molar-refractivity contribution is -0.136. The molecule has 5 nitrogen and oxygen atoms in total. The van der Waals surface area contributed by atoms with E-state index in [4.69, 9.17) is 13.9 Å². The monoisotopic (exact) mass is 364 g/mol. The third kappa shape index (κ3) is 3.45. The second-order valence-corrected chi connectivity index (χ2v) is 6.87. The van der Waals surface area contributed by atoms with Gasteiger partial charge in [-0.3, -0.25) is 0 Å². The number of carbonyl (C=O) groups excluding carboxylic acids is 1. The molecule has 0 aliphatic heterocycles. The van der Waals surface area contributed by atoms with Gasteiger partial charge in [-0.25, -0.2) is 9.59 Å². The SMILES string of the molecule is Cc1ccc(OCC(=O)Oc2ccc3c4c(c(=O)oc3c2)CCC4)cc1C. The van der Waals surface area contributed by atoms with Crippen LogP contribution in [0.1, 0.15) is 28.7 Å². The summed E-state index contributed by atoms with van der Waals surface area (Å²) in [6, 6.07) is 10.8. The Bertz CT molecular complexity index is 1090. The van der Waals surface area contributed by atoms with Gasteiger partial charge in [0.05, 0.1) is 0 Å². The molecule has 4 rings (SSSR count). The summed E-state index contributed by atoms with van der Waals surface area (Å²) in [5.74, 6) is 0.434. The van der Waals surface area contributed by atoms with Crippen LogP contribution < -0.4 is 15.1 Å². The van der Waals surface area contributed by atoms with Crippen LogP contribution in [0.2, 0.25) is 0 Å². The van der Waals surface area contributed by atoms with Crippen LogP contribution in [-0.2, 0) is 17.6 Å². The number of aryl methyl sites for hydroxylation is 3. The standard InChI is InChI=1S/C22H20O5/c1-13-6-7-15(10-14(13)2)25-12-21(23)26-16-8-9-18-17-4-3-5-19(17)22(24)27-20(18)11-16/h6-11H,3-5,12H2,1-2H3. The Hall–Kier alpha value is -3.08. The van der Waals surface area contributed by atoms with E-state index in [1.165, 1.54) is 0 Å². The van der Waals surface area contributed by atoms with Gasteiger partial charge in [0.15, 0.2) is 6.61 Å². The Balaban J connectivity index is 1.48. The zero-order chi connectivity index (χ0) is 19.0. The van der Waals surface area contributed by atoms with Gasteiger partial charge in [0.1, 0.15) is 17.1 Å². The minimum Gasteiger partial charge on any atom is -0.482 e. The van der Waals surface area contributed by atoms with Gasteiger partial charge in [0, 0.05) is 17.0 Å². The highest BCUT2D eigenvalue weighted by molar-refractivity contribution is 5.84. The number of benzene rings is 2. The van der Waals surface area contributed by atoms with Crippen molar-refractivity contribution in [3.63, 3.8) is 0 Å². The lowest BCUT2D eigenvalue weighted by atomic mass is 10.1. The van der Waals surface area contributed by atoms with Gasteiger partial charge in [-0.1, -0.05) is 6.07 Å². The highest BCUT2D eigenvalue weighted by Crippen LogP contribution is 2.29. The third-order valence-electron chi connectivity index (χ3n) is 5.01. The summed E-state index contributed by atoms with van der Waals surface area (Å²) in [6.07, 6.45) is 2.60. The lowest BCUT2D eigenvalue weighted by Crippen LogP contribution is -2.17. The number of fused-ring (bicyclic) bond motifs is 3. The van der Waals surface area contributed by atoms with Crippen molar-refractivity contribution in [1.29, 1.82) is 0 Å². The number of esters is 1. The quantitative estimate of drug-likeness (QED) is 0.399. The Morgan fingerprint density at radius 2 is 1.78 bits per heavy atom. The third-order valence-corrected chi connectivity index (χ3v) is 5.01. The van der Waals surface area contributed by atoms with Crippen LogP contribution in [0.25, 0.3) is 11.0 Å². The first-order chi connectivity index (χ1) is 13.0. The first-order valence-electron chi connectivity index (χ1n) is 9.00. The summed E-state index contributed by atoms with van der Waals surface area (Å²) in [4.78, 5) is 24.2. The highest BCUT2D eigenvalue weighted by Gasteiger charge is 2.20. The molecular weight excluding hydrogens is 344 g/mol. The summed E-state index contributed by atoms with van der Waals surface area (Å²) in [7, 11) is 0. The maximum atomic E-state index is 12.1. The number of hydrogen-bond acceptors (Lipinski definition) is 5. The van der Waals surface area contributed by atoms with Crippen molar-refractivity contribution in [2.75, 3.05) is 6.61 Å². The molecule has 0 unspecified atom stereocenters. The second kappa shape index (κ2) is 6.91. The lowest BCUT2D eigenvalue weighted by Gasteiger charge is -2.09. The molecule has 0 fully saturated rings. The number of rotatable bonds is 4. The molecule has 0 spiro atoms. The van der Waals surface area contributed by atoms with Crippen LogP contribution in [0.3, 0.4) is 0 Å². The maximum absolute atomic E-state index is 12.1. The van der Waals surface area contributed by atoms with E-state index in [2.05, 4.69) is 0 Å². The minimum atomic E-state index is -0.518. The number of hydrogen-bond donors (Lipinski definition) is 0. The molecule has 27 heavy (non-hydrogen) atoms. The van der Waals surface area contributed by atoms with Crippen LogP contribution in [0.4, 0.5) is 0 Å². The van der Waals surface area contributed by atoms with Gasteiger partial charge < -0.3 is 13.9 Å². The van der Waals surface area contributed by atoms with Crippen LogP contribution in [0.15, 0.2) is 45.6 Å². The molecule has 0 amide bonds. The number of ether oxygens (including phenoxy) is 2. The molecule has 2 aromatic carbocycles. The predicted molar refractivity (Wildman–Crippen MR) is 102 cm³/mol. The van der Waals surface area contributed by atoms with Crippen molar-refractivity contribution in [1.82, 2.24) is 0 Å². The Labute approximate surface area is 156 Å². The molecule has 0 saturated heterocycles. The molecular formula is C22H20O5. The average Bonchev–Trinajstić information content (AvgIpc) is 3.13. The van der Waals surface area contributed by atoms with E-state index in [1.54, 1.807) is 12.1 Å². The molecule has 138 valence electrons. The summed E-state index contributed by atoms with van der Waals surface area (Å²) >= 11 is 0. The summed E-state index contributed by atoms with van der Waals surface area (Å²) in [5.41, 5.74) is 4.23. The summed E-state index contributed by atoms with van der Waals surface area (Å²) in [6.45, 7) is 3.80. The topological polar surface area (TPSA) is 65.7 Å². The highest BCUT2D eigenvalue weighted by atomic mass is 16.6. The van der Waals surface area contributed by atoms with E-state index in [9.17, 15) is 9.59 Å². The van der Waals surface area contributed by atoms with Gasteiger partial charge in [0.25, 0.3) is 0 Å². The van der Waals surface area contributed by atoms with Crippen molar-refractivity contribution in [2.45, 2.75) is 33.1 Å². The van der Waals surface area contributed by atoms with E-state index < -0.39 is 5.97 Å². The molecule has 1 aliphatic carbocycles. The van der Waals surface area contributed by atoms with Gasteiger partial charge >= 0.3 is 11.6 Å². The fourth-order valence-electron chi connectivity index (χ4n) is 3.43. The van der Waals surface area contributed by atoms with E-state index >= 15 is 0 Å². The van der Waals surface area contributed by atoms with E-state index in [1.807, 2.05) is 38.1 Å². The first-order valence-corrected chi connectivity index (χ1v) is 9.00. The Kier molecular flexibility index (Phi) is 4.44. The average molecular weight is 364 g/mol. The Morgan fingerprint density at radius 3 is 2.59 bits per heavy atom. The van der Waals surface area contributed by atoms with Crippen molar-refractivity contribution in [3.05, 3.63) is 69.1 Å². The normalized spacial score (nSPS) is 12.8. The van der Waals surface area contributed by atoms with Gasteiger partial charge in [-0.05, 0) is 74.1 Å². The number of carbonyl (C=O) groups is 1. The maximum Gasteiger partial charge on any atom is 0.349 e. The fourth-order valence-corrected chi connectivity index (χ4v) is 3.43. The van der Waals surface area contributed by atoms with Crippen molar-refractivity contribution in [2.24, 2.45) is 0 Å². The summed E-state index contributed by atoms with van der Waals surface area (Å²) < 4.78 is 16.2. The zero-order valence-electron chi connectivity index (χ0n) is 15.3. The first kappa shape index (κ1) is 17.3. The van der Waals surface area contributed by atoms with E-state index in [-0.39, 0.29) is 12.2 Å². The fraction of sp³-hybridized carbons (Fsp3) is 0.273. The largest absolute Gasteiger partial charge is 0.482 e. The molecule has 0 atom stereocenters. The molecule has 0 bridgehead atoms. The smallest absolute Gasteiger partial charge is 0.349 e. The van der Waals surface area contributed by atoms with Crippen LogP contribution in [0.5, 0.6) is 11.5 Å². The predicted octanol–water partition coefficient (Wildman–Crippen LogP) is 3.88. The zero-order valence-corrected chi connectivity index (χ0v) is 15.3. The molecule has 1 aliphatic rings. The van der Waals surface area contributed by atoms with Gasteiger partial charge in [0.2, 0.25) is 0 Å². The Morgan fingerprint density at radius 1 is 1.00 bits per heavy atom. The van der Waals surface area contributed by atoms with Crippen molar-refractivity contribution < 1.29 is 18.7 Å². The molecule has 0 radical (unpaired) electrons. The van der Waals surface area contributed by atoms with Crippen LogP contribution in [-0.4, -0.2) is 12.6 Å².